The molecule has 11 aromatic rings. The highest BCUT2D eigenvalue weighted by Crippen LogP contribution is 2.59. The van der Waals surface area contributed by atoms with Gasteiger partial charge in [-0.25, -0.2) is 19.2 Å². The molecule has 0 unspecified atom stereocenters. The Morgan fingerprint density at radius 1 is 0.270 bits per heavy atom. The quantitative estimate of drug-likeness (QED) is 0.0123. The fraction of sp³-hybridized carbons (Fsp3) is 0.346. The second kappa shape index (κ2) is 32.2. The minimum absolute atomic E-state index is 0.0198. The Morgan fingerprint density at radius 3 is 0.648 bits per heavy atom. The standard InChI is InChI=1S/C104H110N2O16/c1-59(2)95(113)121-71-45-41-69(42-46-71)119-81(107)53-105-91(109)73-49-77(115-65-33-25-61(26-34-65)101(17,18)55-97(5,6)7)85-87-79(117-67-37-29-63(30-38-67)103(21,22)57-99(11,12)13)51-75-84-76(94(112)106(93(75)111)54-82(108)120-70-43-47-72(48-44-70)122-96(114)60(3)4)52-80(118-68-39-31-64(32-40-68)104(23,24)58-100(14,15)16)88(90(84)87)86-78(50-74(92(105)110)83(73)89(85)86)116-66-35-27-62(28-36-66)102(19,20)56-98(8,9)10/h25-52H,1,3,53-58H2,2,4-24H3. The van der Waals surface area contributed by atoms with Gasteiger partial charge in [0.15, 0.2) is 0 Å². The van der Waals surface area contributed by atoms with Crippen LogP contribution in [0.5, 0.6) is 69.0 Å². The largest absolute Gasteiger partial charge is 0.457 e. The van der Waals surface area contributed by atoms with Gasteiger partial charge in [-0.15, -0.1) is 0 Å². The molecule has 0 saturated carbocycles. The number of hydrogen-bond acceptors (Lipinski definition) is 16. The van der Waals surface area contributed by atoms with Crippen LogP contribution in [0.4, 0.5) is 0 Å². The Kier molecular flexibility index (Phi) is 23.0. The molecule has 0 bridgehead atoms. The van der Waals surface area contributed by atoms with Gasteiger partial charge in [-0.2, -0.15) is 0 Å². The topological polar surface area (TPSA) is 217 Å². The minimum Gasteiger partial charge on any atom is -0.457 e. The summed E-state index contributed by atoms with van der Waals surface area (Å²) in [6.07, 6.45) is 3.32. The fourth-order valence-corrected chi connectivity index (χ4v) is 18.5. The molecule has 0 atom stereocenters. The SMILES string of the molecule is C=C(C)C(=O)Oc1ccc(OC(=O)CN2C(=O)c3cc(Oc4ccc(C(C)(C)CC(C)(C)C)cc4)c4c5c(Oc6ccc(C(C)(C)CC(C)(C)C)cc6)cc6c7c(cc(Oc8ccc(C(C)(C)CC(C)(C)C)cc8)c(c8c(Oc9ccc(C(C)(C)CC(C)(C)C)cc9)cc(c3c48)C2=O)c75)C(=O)N(CC(=O)Oc2ccc(OC(=O)C(=C)C)cc2)C6=O)cc1. The Bertz CT molecular complexity index is 5410. The molecular weight excluding hydrogens is 1530 g/mol. The summed E-state index contributed by atoms with van der Waals surface area (Å²) in [5, 5.41) is 1.67. The maximum Gasteiger partial charge on any atom is 0.338 e. The number of esters is 4. The maximum absolute atomic E-state index is 16.2. The fourth-order valence-electron chi connectivity index (χ4n) is 18.5. The number of amides is 4. The average Bonchev–Trinajstić information content (AvgIpc) is 0.670. The number of rotatable bonds is 26. The van der Waals surface area contributed by atoms with Crippen molar-refractivity contribution in [3.05, 3.63) is 239 Å². The third kappa shape index (κ3) is 18.7. The molecule has 4 amide bonds. The molecule has 2 heterocycles. The van der Waals surface area contributed by atoms with Crippen LogP contribution in [0, 0.1) is 21.7 Å². The van der Waals surface area contributed by atoms with E-state index in [0.29, 0.717) is 23.0 Å². The minimum atomic E-state index is -0.993. The molecule has 632 valence electrons. The second-order valence-electron chi connectivity index (χ2n) is 40.3. The van der Waals surface area contributed by atoms with E-state index in [1.807, 2.05) is 97.1 Å². The summed E-state index contributed by atoms with van der Waals surface area (Å²) in [5.74, 6) is -5.10. The number of nitrogens with zero attached hydrogens (tertiary/aromatic N) is 2. The number of ether oxygens (including phenoxy) is 8. The molecule has 0 fully saturated rings. The predicted molar refractivity (Wildman–Crippen MR) is 478 cm³/mol. The van der Waals surface area contributed by atoms with Gasteiger partial charge in [-0.05, 0) is 226 Å². The Morgan fingerprint density at radius 2 is 0.459 bits per heavy atom. The number of benzene rings is 11. The van der Waals surface area contributed by atoms with Gasteiger partial charge in [0, 0.05) is 54.2 Å². The van der Waals surface area contributed by atoms with Gasteiger partial charge in [0.2, 0.25) is 0 Å². The number of imide groups is 2. The first-order valence-electron chi connectivity index (χ1n) is 41.4. The normalized spacial score (nSPS) is 13.6. The van der Waals surface area contributed by atoms with Crippen molar-refractivity contribution in [2.45, 2.75) is 200 Å². The van der Waals surface area contributed by atoms with Crippen molar-refractivity contribution in [1.82, 2.24) is 9.80 Å². The van der Waals surface area contributed by atoms with Gasteiger partial charge in [0.1, 0.15) is 82.1 Å². The van der Waals surface area contributed by atoms with Crippen molar-refractivity contribution >= 4 is 90.6 Å². The van der Waals surface area contributed by atoms with E-state index in [1.54, 1.807) is 24.3 Å². The van der Waals surface area contributed by atoms with E-state index < -0.39 is 60.6 Å². The van der Waals surface area contributed by atoms with Crippen LogP contribution in [0.3, 0.4) is 0 Å². The van der Waals surface area contributed by atoms with Gasteiger partial charge in [-0.3, -0.25) is 29.0 Å². The molecule has 0 spiro atoms. The van der Waals surface area contributed by atoms with Crippen molar-refractivity contribution in [2.75, 3.05) is 13.1 Å². The summed E-state index contributed by atoms with van der Waals surface area (Å²) in [4.78, 5) is 121. The molecule has 122 heavy (non-hydrogen) atoms. The van der Waals surface area contributed by atoms with Crippen LogP contribution >= 0.6 is 0 Å². The highest BCUT2D eigenvalue weighted by Gasteiger charge is 2.44. The molecule has 0 radical (unpaired) electrons. The first kappa shape index (κ1) is 87.4. The van der Waals surface area contributed by atoms with E-state index in [2.05, 4.69) is 152 Å². The van der Waals surface area contributed by atoms with E-state index in [1.165, 1.54) is 62.4 Å². The predicted octanol–water partition coefficient (Wildman–Crippen LogP) is 25.1. The average molecular weight is 1640 g/mol. The number of fused-ring (bicyclic) bond motifs is 2. The van der Waals surface area contributed by atoms with Gasteiger partial charge in [-0.1, -0.05) is 200 Å². The summed E-state index contributed by atoms with van der Waals surface area (Å²) in [5.41, 5.74) is 2.71. The second-order valence-corrected chi connectivity index (χ2v) is 40.3. The van der Waals surface area contributed by atoms with Crippen LogP contribution in [-0.2, 0) is 40.8 Å². The molecule has 0 aliphatic carbocycles. The lowest BCUT2D eigenvalue weighted by Crippen LogP contribution is -2.44. The first-order chi connectivity index (χ1) is 56.8. The maximum atomic E-state index is 16.2. The third-order valence-corrected chi connectivity index (χ3v) is 22.2. The lowest BCUT2D eigenvalue weighted by Gasteiger charge is -2.33. The Hall–Kier alpha value is -12.4. The van der Waals surface area contributed by atoms with Crippen LogP contribution in [0.2, 0.25) is 0 Å². The van der Waals surface area contributed by atoms with Gasteiger partial charge in [0.25, 0.3) is 23.6 Å². The highest BCUT2D eigenvalue weighted by atomic mass is 16.6. The van der Waals surface area contributed by atoms with Gasteiger partial charge >= 0.3 is 23.9 Å². The van der Waals surface area contributed by atoms with Crippen LogP contribution < -0.4 is 37.9 Å². The number of hydrogen-bond donors (Lipinski definition) is 0. The van der Waals surface area contributed by atoms with Crippen LogP contribution in [0.15, 0.2) is 194 Å². The summed E-state index contributed by atoms with van der Waals surface area (Å²) in [6, 6.07) is 48.4. The summed E-state index contributed by atoms with van der Waals surface area (Å²) >= 11 is 0. The Balaban J connectivity index is 1.13. The van der Waals surface area contributed by atoms with Crippen molar-refractivity contribution in [2.24, 2.45) is 21.7 Å². The molecule has 13 rings (SSSR count). The molecule has 0 saturated heterocycles. The molecule has 18 nitrogen and oxygen atoms in total. The van der Waals surface area contributed by atoms with Crippen LogP contribution in [0.25, 0.3) is 43.1 Å². The zero-order chi connectivity index (χ0) is 88.8. The van der Waals surface area contributed by atoms with E-state index >= 15 is 19.2 Å². The molecule has 2 aliphatic heterocycles. The Labute approximate surface area is 714 Å². The number of carbonyl (C=O) groups is 8. The van der Waals surface area contributed by atoms with Crippen molar-refractivity contribution in [1.29, 1.82) is 0 Å². The highest BCUT2D eigenvalue weighted by molar-refractivity contribution is 6.45. The molecule has 2 aliphatic rings. The first-order valence-corrected chi connectivity index (χ1v) is 41.4. The monoisotopic (exact) mass is 1640 g/mol. The zero-order valence-corrected chi connectivity index (χ0v) is 74.2. The van der Waals surface area contributed by atoms with Gasteiger partial charge < -0.3 is 37.9 Å². The van der Waals surface area contributed by atoms with Crippen LogP contribution in [0.1, 0.15) is 242 Å². The van der Waals surface area contributed by atoms with E-state index in [-0.39, 0.29) is 166 Å². The molecular formula is C104H110N2O16. The molecule has 11 aromatic carbocycles. The summed E-state index contributed by atoms with van der Waals surface area (Å²) in [6.45, 7) is 52.4. The van der Waals surface area contributed by atoms with Crippen molar-refractivity contribution in [3.8, 4) is 69.0 Å². The smallest absolute Gasteiger partial charge is 0.338 e. The summed E-state index contributed by atoms with van der Waals surface area (Å²) in [7, 11) is 0. The molecule has 0 aromatic heterocycles. The molecule has 0 N–H and O–H groups in total. The zero-order valence-electron chi connectivity index (χ0n) is 74.2. The lowest BCUT2D eigenvalue weighted by atomic mass is 9.72. The molecule has 18 heteroatoms. The van der Waals surface area contributed by atoms with Crippen molar-refractivity contribution < 1.29 is 76.3 Å². The number of carbonyl (C=O) groups excluding carboxylic acids is 8. The van der Waals surface area contributed by atoms with Gasteiger partial charge in [0.05, 0.1) is 22.3 Å². The van der Waals surface area contributed by atoms with E-state index in [9.17, 15) is 19.2 Å². The van der Waals surface area contributed by atoms with Crippen molar-refractivity contribution in [3.63, 3.8) is 0 Å². The van der Waals surface area contributed by atoms with E-state index in [4.69, 9.17) is 37.9 Å². The summed E-state index contributed by atoms with van der Waals surface area (Å²) < 4.78 is 52.2. The lowest BCUT2D eigenvalue weighted by molar-refractivity contribution is -0.135. The van der Waals surface area contributed by atoms with Crippen LogP contribution in [-0.4, -0.2) is 70.4 Å². The van der Waals surface area contributed by atoms with E-state index in [0.717, 1.165) is 57.7 Å². The third-order valence-electron chi connectivity index (χ3n) is 22.2.